The molecule has 5 heteroatoms. The van der Waals surface area contributed by atoms with Crippen molar-refractivity contribution in [3.05, 3.63) is 53.6 Å². The Morgan fingerprint density at radius 1 is 1.11 bits per heavy atom. The molecule has 1 aliphatic carbocycles. The molecule has 2 aromatic carbocycles. The van der Waals surface area contributed by atoms with Crippen LogP contribution >= 0.6 is 0 Å². The van der Waals surface area contributed by atoms with Crippen LogP contribution in [0.4, 0.5) is 17.1 Å². The molecule has 5 nitrogen and oxygen atoms in total. The van der Waals surface area contributed by atoms with Gasteiger partial charge in [0.1, 0.15) is 6.04 Å². The molecule has 2 amide bonds. The molecule has 0 aromatic heterocycles. The molecule has 2 aromatic rings. The van der Waals surface area contributed by atoms with Crippen LogP contribution in [0.2, 0.25) is 0 Å². The first-order chi connectivity index (χ1) is 13.4. The van der Waals surface area contributed by atoms with Gasteiger partial charge in [-0.25, -0.2) is 0 Å². The lowest BCUT2D eigenvalue weighted by Crippen LogP contribution is -2.51. The van der Waals surface area contributed by atoms with Crippen molar-refractivity contribution >= 4 is 28.9 Å². The molecule has 1 fully saturated rings. The van der Waals surface area contributed by atoms with E-state index in [1.165, 1.54) is 5.56 Å². The number of fused-ring (bicyclic) bond motifs is 1. The number of hydrogen-bond acceptors (Lipinski definition) is 3. The SMILES string of the molecule is CCN(C(=O)c1ccc2c(c1)N(C1CC1)C(C)C(=O)N2C)c1ccc(C)cc1. The topological polar surface area (TPSA) is 43.9 Å². The highest BCUT2D eigenvalue weighted by atomic mass is 16.2. The van der Waals surface area contributed by atoms with Crippen molar-refractivity contribution in [3.8, 4) is 0 Å². The fourth-order valence-electron chi connectivity index (χ4n) is 4.06. The van der Waals surface area contributed by atoms with E-state index < -0.39 is 0 Å². The summed E-state index contributed by atoms with van der Waals surface area (Å²) < 4.78 is 0. The van der Waals surface area contributed by atoms with Crippen molar-refractivity contribution in [1.82, 2.24) is 0 Å². The number of rotatable bonds is 4. The number of benzene rings is 2. The third kappa shape index (κ3) is 3.05. The number of likely N-dealkylation sites (N-methyl/N-ethyl adjacent to an activating group) is 1. The average molecular weight is 377 g/mol. The highest BCUT2D eigenvalue weighted by Crippen LogP contribution is 2.42. The third-order valence-electron chi connectivity index (χ3n) is 5.81. The highest BCUT2D eigenvalue weighted by molar-refractivity contribution is 6.10. The minimum atomic E-state index is -0.199. The van der Waals surface area contributed by atoms with Crippen molar-refractivity contribution in [1.29, 1.82) is 0 Å². The van der Waals surface area contributed by atoms with E-state index in [0.29, 0.717) is 18.2 Å². The number of nitrogens with zero attached hydrogens (tertiary/aromatic N) is 3. The van der Waals surface area contributed by atoms with Crippen molar-refractivity contribution in [2.24, 2.45) is 0 Å². The molecule has 146 valence electrons. The molecule has 0 saturated heterocycles. The summed E-state index contributed by atoms with van der Waals surface area (Å²) in [7, 11) is 1.81. The van der Waals surface area contributed by atoms with E-state index in [1.54, 1.807) is 9.80 Å². The maximum absolute atomic E-state index is 13.3. The van der Waals surface area contributed by atoms with Crippen LogP contribution in [-0.2, 0) is 4.79 Å². The molecule has 0 bridgehead atoms. The molecular formula is C23H27N3O2. The van der Waals surface area contributed by atoms with E-state index in [0.717, 1.165) is 29.9 Å². The monoisotopic (exact) mass is 377 g/mol. The first kappa shape index (κ1) is 18.5. The zero-order valence-corrected chi connectivity index (χ0v) is 17.0. The summed E-state index contributed by atoms with van der Waals surface area (Å²) in [4.78, 5) is 31.6. The lowest BCUT2D eigenvalue weighted by molar-refractivity contribution is -0.119. The molecule has 1 heterocycles. The Labute approximate surface area is 166 Å². The van der Waals surface area contributed by atoms with Gasteiger partial charge in [0, 0.05) is 30.9 Å². The van der Waals surface area contributed by atoms with Gasteiger partial charge in [-0.1, -0.05) is 17.7 Å². The molecule has 1 unspecified atom stereocenters. The Bertz CT molecular complexity index is 918. The van der Waals surface area contributed by atoms with Crippen molar-refractivity contribution in [3.63, 3.8) is 0 Å². The van der Waals surface area contributed by atoms with Crippen LogP contribution in [0.25, 0.3) is 0 Å². The molecule has 1 aliphatic heterocycles. The Kier molecular flexibility index (Phi) is 4.61. The van der Waals surface area contributed by atoms with Gasteiger partial charge in [-0.2, -0.15) is 0 Å². The Hall–Kier alpha value is -2.82. The molecule has 0 spiro atoms. The number of amides is 2. The third-order valence-corrected chi connectivity index (χ3v) is 5.81. The quantitative estimate of drug-likeness (QED) is 0.809. The number of carbonyl (C=O) groups excluding carboxylic acids is 2. The first-order valence-electron chi connectivity index (χ1n) is 10.0. The lowest BCUT2D eigenvalue weighted by Gasteiger charge is -2.40. The maximum Gasteiger partial charge on any atom is 0.258 e. The highest BCUT2D eigenvalue weighted by Gasteiger charge is 2.41. The van der Waals surface area contributed by atoms with Gasteiger partial charge in [-0.3, -0.25) is 9.59 Å². The number of hydrogen-bond donors (Lipinski definition) is 0. The van der Waals surface area contributed by atoms with Crippen molar-refractivity contribution in [2.45, 2.75) is 45.7 Å². The second-order valence-electron chi connectivity index (χ2n) is 7.80. The van der Waals surface area contributed by atoms with E-state index >= 15 is 0 Å². The predicted molar refractivity (Wildman–Crippen MR) is 113 cm³/mol. The number of aryl methyl sites for hydroxylation is 1. The van der Waals surface area contributed by atoms with E-state index in [-0.39, 0.29) is 17.9 Å². The van der Waals surface area contributed by atoms with Crippen LogP contribution in [0.3, 0.4) is 0 Å². The first-order valence-corrected chi connectivity index (χ1v) is 10.0. The minimum absolute atomic E-state index is 0.0166. The smallest absolute Gasteiger partial charge is 0.258 e. The Balaban J connectivity index is 1.72. The van der Waals surface area contributed by atoms with Gasteiger partial charge in [0.05, 0.1) is 11.4 Å². The van der Waals surface area contributed by atoms with Gasteiger partial charge in [0.25, 0.3) is 5.91 Å². The second kappa shape index (κ2) is 6.97. The molecule has 4 rings (SSSR count). The maximum atomic E-state index is 13.3. The van der Waals surface area contributed by atoms with Gasteiger partial charge < -0.3 is 14.7 Å². The summed E-state index contributed by atoms with van der Waals surface area (Å²) in [6.07, 6.45) is 2.20. The van der Waals surface area contributed by atoms with E-state index in [9.17, 15) is 9.59 Å². The summed E-state index contributed by atoms with van der Waals surface area (Å²) in [6.45, 7) is 6.58. The second-order valence-corrected chi connectivity index (χ2v) is 7.80. The fourth-order valence-corrected chi connectivity index (χ4v) is 4.06. The lowest BCUT2D eigenvalue weighted by atomic mass is 10.0. The summed E-state index contributed by atoms with van der Waals surface area (Å²) in [6, 6.07) is 13.9. The minimum Gasteiger partial charge on any atom is -0.355 e. The zero-order valence-electron chi connectivity index (χ0n) is 17.0. The zero-order chi connectivity index (χ0) is 20.0. The van der Waals surface area contributed by atoms with Gasteiger partial charge in [0.2, 0.25) is 5.91 Å². The van der Waals surface area contributed by atoms with Gasteiger partial charge in [-0.15, -0.1) is 0 Å². The fraction of sp³-hybridized carbons (Fsp3) is 0.391. The van der Waals surface area contributed by atoms with Crippen LogP contribution in [0.5, 0.6) is 0 Å². The van der Waals surface area contributed by atoms with E-state index in [4.69, 9.17) is 0 Å². The molecule has 2 aliphatic rings. The van der Waals surface area contributed by atoms with Gasteiger partial charge in [0.15, 0.2) is 0 Å². The number of carbonyl (C=O) groups is 2. The Morgan fingerprint density at radius 2 is 1.79 bits per heavy atom. The Morgan fingerprint density at radius 3 is 2.39 bits per heavy atom. The molecule has 1 atom stereocenters. The normalized spacial score (nSPS) is 18.9. The van der Waals surface area contributed by atoms with Crippen molar-refractivity contribution in [2.75, 3.05) is 28.3 Å². The predicted octanol–water partition coefficient (Wildman–Crippen LogP) is 4.00. The van der Waals surface area contributed by atoms with Crippen LogP contribution in [-0.4, -0.2) is 37.5 Å². The summed E-state index contributed by atoms with van der Waals surface area (Å²) in [5, 5.41) is 0. The van der Waals surface area contributed by atoms with Crippen molar-refractivity contribution < 1.29 is 9.59 Å². The summed E-state index contributed by atoms with van der Waals surface area (Å²) in [5.74, 6) is 0.0884. The average Bonchev–Trinajstić information content (AvgIpc) is 3.53. The molecular weight excluding hydrogens is 350 g/mol. The van der Waals surface area contributed by atoms with Crippen LogP contribution < -0.4 is 14.7 Å². The van der Waals surface area contributed by atoms with E-state index in [2.05, 4.69) is 4.90 Å². The largest absolute Gasteiger partial charge is 0.355 e. The molecule has 1 saturated carbocycles. The van der Waals surface area contributed by atoms with E-state index in [1.807, 2.05) is 70.3 Å². The number of anilines is 3. The van der Waals surface area contributed by atoms with Crippen LogP contribution in [0, 0.1) is 6.92 Å². The standard InChI is InChI=1S/C23H27N3O2/c1-5-25(18-9-6-15(2)7-10-18)23(28)17-8-13-20-21(14-17)26(19-11-12-19)16(3)22(27)24(20)4/h6-10,13-14,16,19H,5,11-12H2,1-4H3. The summed E-state index contributed by atoms with van der Waals surface area (Å²) >= 11 is 0. The van der Waals surface area contributed by atoms with Crippen LogP contribution in [0.1, 0.15) is 42.6 Å². The van der Waals surface area contributed by atoms with Gasteiger partial charge in [-0.05, 0) is 63.9 Å². The molecule has 0 radical (unpaired) electrons. The van der Waals surface area contributed by atoms with Crippen LogP contribution in [0.15, 0.2) is 42.5 Å². The molecule has 0 N–H and O–H groups in total. The molecule has 28 heavy (non-hydrogen) atoms. The van der Waals surface area contributed by atoms with Gasteiger partial charge >= 0.3 is 0 Å². The summed E-state index contributed by atoms with van der Waals surface area (Å²) in [5.41, 5.74) is 4.59.